The Kier molecular flexibility index (Phi) is 6.55. The molecular formula is C19H29N5O. The van der Waals surface area contributed by atoms with E-state index in [0.29, 0.717) is 12.5 Å². The molecule has 1 N–H and O–H groups in total. The minimum absolute atomic E-state index is 0.321. The summed E-state index contributed by atoms with van der Waals surface area (Å²) < 4.78 is 1.91. The number of likely N-dealkylation sites (tertiary alicyclic amines) is 1. The standard InChI is InChI=1S/C19H29N5O/c1-22(10-17-6-3-2-4-7-17)13-19(25)14-23-9-5-8-18(11-23)12-24-16-20-15-21-24/h2-4,6-7,15-16,18-19,25H,5,8-14H2,1H3/t18-,19-/m1/s1. The third kappa shape index (κ3) is 5.92. The van der Waals surface area contributed by atoms with E-state index in [1.807, 2.05) is 10.7 Å². The van der Waals surface area contributed by atoms with E-state index in [1.165, 1.54) is 18.4 Å². The van der Waals surface area contributed by atoms with Gasteiger partial charge in [-0.25, -0.2) is 4.98 Å². The minimum Gasteiger partial charge on any atom is -0.390 e. The Morgan fingerprint density at radius 2 is 2.16 bits per heavy atom. The first-order valence-corrected chi connectivity index (χ1v) is 9.14. The van der Waals surface area contributed by atoms with Gasteiger partial charge in [-0.1, -0.05) is 30.3 Å². The van der Waals surface area contributed by atoms with Crippen molar-refractivity contribution in [3.05, 3.63) is 48.5 Å². The van der Waals surface area contributed by atoms with Crippen molar-refractivity contribution in [3.63, 3.8) is 0 Å². The van der Waals surface area contributed by atoms with E-state index in [-0.39, 0.29) is 6.10 Å². The number of benzene rings is 1. The van der Waals surface area contributed by atoms with Crippen molar-refractivity contribution in [2.75, 3.05) is 33.2 Å². The van der Waals surface area contributed by atoms with Gasteiger partial charge in [0.25, 0.3) is 0 Å². The van der Waals surface area contributed by atoms with Gasteiger partial charge in [0, 0.05) is 32.7 Å². The molecule has 1 aromatic heterocycles. The average molecular weight is 343 g/mol. The highest BCUT2D eigenvalue weighted by atomic mass is 16.3. The number of piperidine rings is 1. The summed E-state index contributed by atoms with van der Waals surface area (Å²) >= 11 is 0. The molecule has 1 saturated heterocycles. The monoisotopic (exact) mass is 343 g/mol. The molecule has 1 aliphatic heterocycles. The molecule has 2 heterocycles. The molecule has 1 aliphatic rings. The lowest BCUT2D eigenvalue weighted by Crippen LogP contribution is -2.44. The van der Waals surface area contributed by atoms with Crippen LogP contribution in [0.15, 0.2) is 43.0 Å². The zero-order valence-electron chi connectivity index (χ0n) is 15.0. The molecule has 3 rings (SSSR count). The second-order valence-electron chi connectivity index (χ2n) is 7.22. The van der Waals surface area contributed by atoms with Gasteiger partial charge in [0.15, 0.2) is 0 Å². The van der Waals surface area contributed by atoms with Crippen LogP contribution in [0.5, 0.6) is 0 Å². The molecule has 25 heavy (non-hydrogen) atoms. The van der Waals surface area contributed by atoms with Crippen LogP contribution in [0.1, 0.15) is 18.4 Å². The predicted octanol–water partition coefficient (Wildman–Crippen LogP) is 1.48. The molecule has 136 valence electrons. The van der Waals surface area contributed by atoms with Crippen molar-refractivity contribution in [2.24, 2.45) is 5.92 Å². The fraction of sp³-hybridized carbons (Fsp3) is 0.579. The molecule has 1 fully saturated rings. The molecule has 6 nitrogen and oxygen atoms in total. The van der Waals surface area contributed by atoms with Gasteiger partial charge in [0.2, 0.25) is 0 Å². The maximum absolute atomic E-state index is 10.5. The zero-order valence-corrected chi connectivity index (χ0v) is 15.0. The molecule has 0 unspecified atom stereocenters. The molecule has 2 atom stereocenters. The Hall–Kier alpha value is -1.76. The first-order valence-electron chi connectivity index (χ1n) is 9.14. The van der Waals surface area contributed by atoms with Gasteiger partial charge < -0.3 is 10.0 Å². The predicted molar refractivity (Wildman–Crippen MR) is 98.0 cm³/mol. The zero-order chi connectivity index (χ0) is 17.5. The van der Waals surface area contributed by atoms with Gasteiger partial charge >= 0.3 is 0 Å². The second kappa shape index (κ2) is 9.08. The maximum Gasteiger partial charge on any atom is 0.137 e. The Morgan fingerprint density at radius 3 is 2.92 bits per heavy atom. The summed E-state index contributed by atoms with van der Waals surface area (Å²) in [5, 5.41) is 14.7. The van der Waals surface area contributed by atoms with Crippen LogP contribution < -0.4 is 0 Å². The number of aliphatic hydroxyl groups excluding tert-OH is 1. The number of nitrogens with zero attached hydrogens (tertiary/aromatic N) is 5. The summed E-state index contributed by atoms with van der Waals surface area (Å²) in [6.45, 7) is 5.33. The van der Waals surface area contributed by atoms with E-state index in [0.717, 1.165) is 32.7 Å². The Balaban J connectivity index is 1.41. The van der Waals surface area contributed by atoms with Crippen LogP contribution >= 0.6 is 0 Å². The summed E-state index contributed by atoms with van der Waals surface area (Å²) in [6.07, 6.45) is 5.46. The van der Waals surface area contributed by atoms with Crippen molar-refractivity contribution in [3.8, 4) is 0 Å². The summed E-state index contributed by atoms with van der Waals surface area (Å²) in [4.78, 5) is 8.60. The van der Waals surface area contributed by atoms with Crippen LogP contribution in [0.2, 0.25) is 0 Å². The smallest absolute Gasteiger partial charge is 0.137 e. The molecule has 0 bridgehead atoms. The molecule has 0 aliphatic carbocycles. The number of aromatic nitrogens is 3. The van der Waals surface area contributed by atoms with Gasteiger partial charge in [-0.05, 0) is 37.9 Å². The van der Waals surface area contributed by atoms with Gasteiger partial charge in [-0.2, -0.15) is 5.10 Å². The summed E-state index contributed by atoms with van der Waals surface area (Å²) in [6, 6.07) is 10.4. The van der Waals surface area contributed by atoms with Crippen molar-refractivity contribution in [2.45, 2.75) is 32.0 Å². The van der Waals surface area contributed by atoms with Crippen molar-refractivity contribution in [1.29, 1.82) is 0 Å². The summed E-state index contributed by atoms with van der Waals surface area (Å²) in [5.74, 6) is 0.588. The van der Waals surface area contributed by atoms with Crippen LogP contribution in [-0.2, 0) is 13.1 Å². The third-order valence-corrected chi connectivity index (χ3v) is 4.80. The Morgan fingerprint density at radius 1 is 1.32 bits per heavy atom. The topological polar surface area (TPSA) is 57.4 Å². The van der Waals surface area contributed by atoms with Crippen molar-refractivity contribution in [1.82, 2.24) is 24.6 Å². The van der Waals surface area contributed by atoms with E-state index in [9.17, 15) is 5.11 Å². The van der Waals surface area contributed by atoms with Gasteiger partial charge in [-0.3, -0.25) is 9.58 Å². The molecule has 6 heteroatoms. The maximum atomic E-state index is 10.5. The lowest BCUT2D eigenvalue weighted by molar-refractivity contribution is 0.0585. The van der Waals surface area contributed by atoms with Crippen molar-refractivity contribution < 1.29 is 5.11 Å². The molecule has 1 aromatic carbocycles. The largest absolute Gasteiger partial charge is 0.390 e. The van der Waals surface area contributed by atoms with E-state index >= 15 is 0 Å². The number of hydrogen-bond donors (Lipinski definition) is 1. The highest BCUT2D eigenvalue weighted by Crippen LogP contribution is 2.18. The third-order valence-electron chi connectivity index (χ3n) is 4.80. The van der Waals surface area contributed by atoms with Crippen LogP contribution in [0.3, 0.4) is 0 Å². The van der Waals surface area contributed by atoms with E-state index < -0.39 is 0 Å². The SMILES string of the molecule is CN(Cc1ccccc1)C[C@@H](O)CN1CCC[C@@H](Cn2cncn2)C1. The van der Waals surface area contributed by atoms with E-state index in [1.54, 1.807) is 12.7 Å². The lowest BCUT2D eigenvalue weighted by Gasteiger charge is -2.34. The van der Waals surface area contributed by atoms with Gasteiger partial charge in [0.1, 0.15) is 12.7 Å². The van der Waals surface area contributed by atoms with Crippen LogP contribution in [-0.4, -0.2) is 69.0 Å². The Bertz CT molecular complexity index is 604. The first-order chi connectivity index (χ1) is 12.2. The average Bonchev–Trinajstić information content (AvgIpc) is 3.08. The highest BCUT2D eigenvalue weighted by molar-refractivity contribution is 5.14. The van der Waals surface area contributed by atoms with Crippen LogP contribution in [0, 0.1) is 5.92 Å². The van der Waals surface area contributed by atoms with E-state index in [4.69, 9.17) is 0 Å². The van der Waals surface area contributed by atoms with Crippen molar-refractivity contribution >= 4 is 0 Å². The minimum atomic E-state index is -0.321. The normalized spacial score (nSPS) is 20.0. The molecular weight excluding hydrogens is 314 g/mol. The van der Waals surface area contributed by atoms with Crippen LogP contribution in [0.25, 0.3) is 0 Å². The summed E-state index contributed by atoms with van der Waals surface area (Å²) in [5.41, 5.74) is 1.28. The number of β-amino-alcohol motifs (C(OH)–C–C–N with tert-alkyl or cyclic N) is 1. The van der Waals surface area contributed by atoms with Crippen LogP contribution in [0.4, 0.5) is 0 Å². The number of aliphatic hydroxyl groups is 1. The first kappa shape index (κ1) is 18.0. The second-order valence-corrected chi connectivity index (χ2v) is 7.22. The summed E-state index contributed by atoms with van der Waals surface area (Å²) in [7, 11) is 2.07. The quantitative estimate of drug-likeness (QED) is 0.787. The number of rotatable bonds is 8. The fourth-order valence-corrected chi connectivity index (χ4v) is 3.73. The molecule has 0 radical (unpaired) electrons. The van der Waals surface area contributed by atoms with Gasteiger partial charge in [0.05, 0.1) is 6.10 Å². The molecule has 0 saturated carbocycles. The number of hydrogen-bond acceptors (Lipinski definition) is 5. The van der Waals surface area contributed by atoms with Gasteiger partial charge in [-0.15, -0.1) is 0 Å². The molecule has 0 spiro atoms. The molecule has 2 aromatic rings. The fourth-order valence-electron chi connectivity index (χ4n) is 3.73. The van der Waals surface area contributed by atoms with E-state index in [2.05, 4.69) is 51.2 Å². The molecule has 0 amide bonds. The Labute approximate surface area is 150 Å². The number of likely N-dealkylation sites (N-methyl/N-ethyl adjacent to an activating group) is 1. The lowest BCUT2D eigenvalue weighted by atomic mass is 9.98. The highest BCUT2D eigenvalue weighted by Gasteiger charge is 2.22.